The summed E-state index contributed by atoms with van der Waals surface area (Å²) >= 11 is 0. The number of hydrogen-bond acceptors (Lipinski definition) is 4. The van der Waals surface area contributed by atoms with Crippen molar-refractivity contribution in [3.63, 3.8) is 0 Å². The highest BCUT2D eigenvalue weighted by Gasteiger charge is 2.31. The molecule has 0 amide bonds. The van der Waals surface area contributed by atoms with E-state index >= 15 is 0 Å². The van der Waals surface area contributed by atoms with Crippen LogP contribution in [0, 0.1) is 0 Å². The minimum Gasteiger partial charge on any atom is -0.369 e. The van der Waals surface area contributed by atoms with Crippen LogP contribution in [0.2, 0.25) is 0 Å². The Morgan fingerprint density at radius 1 is 1.15 bits per heavy atom. The summed E-state index contributed by atoms with van der Waals surface area (Å²) in [5, 5.41) is 3.23. The first kappa shape index (κ1) is 21.4. The maximum atomic E-state index is 13.0. The number of aromatic nitrogens is 3. The molecule has 0 aromatic carbocycles. The highest BCUT2D eigenvalue weighted by Crippen LogP contribution is 2.30. The van der Waals surface area contributed by atoms with Crippen LogP contribution >= 0.6 is 24.8 Å². The quantitative estimate of drug-likeness (QED) is 0.682. The van der Waals surface area contributed by atoms with Crippen molar-refractivity contribution in [2.24, 2.45) is 0 Å². The van der Waals surface area contributed by atoms with Crippen LogP contribution in [0.4, 0.5) is 13.2 Å². The van der Waals surface area contributed by atoms with Crippen LogP contribution in [0.5, 0.6) is 0 Å². The molecule has 1 aliphatic heterocycles. The van der Waals surface area contributed by atoms with Gasteiger partial charge in [-0.3, -0.25) is 4.40 Å². The topological polar surface area (TPSA) is 51.5 Å². The molecule has 1 saturated heterocycles. The fourth-order valence-corrected chi connectivity index (χ4v) is 2.87. The van der Waals surface area contributed by atoms with Gasteiger partial charge in [0, 0.05) is 19.3 Å². The van der Waals surface area contributed by atoms with Crippen molar-refractivity contribution in [3.05, 3.63) is 54.0 Å². The third-order valence-corrected chi connectivity index (χ3v) is 4.12. The molecule has 27 heavy (non-hydrogen) atoms. The standard InChI is InChI=1S/C17H15F3N4O.2ClH/c18-17(19,20)11-4-5-16-22-8-14(24(16)10-11)12-2-1-3-13(23-12)15-9-21-6-7-25-15;;/h1-5,8,10,15,21H,6-7,9H2;2*1H. The van der Waals surface area contributed by atoms with E-state index in [4.69, 9.17) is 4.74 Å². The summed E-state index contributed by atoms with van der Waals surface area (Å²) in [7, 11) is 0. The zero-order valence-electron chi connectivity index (χ0n) is 13.9. The van der Waals surface area contributed by atoms with Crippen LogP contribution in [-0.2, 0) is 10.9 Å². The lowest BCUT2D eigenvalue weighted by Gasteiger charge is -2.23. The number of imidazole rings is 1. The number of ether oxygens (including phenoxy) is 1. The van der Waals surface area contributed by atoms with Crippen molar-refractivity contribution in [1.82, 2.24) is 19.7 Å². The average molecular weight is 421 g/mol. The Hall–Kier alpha value is -1.87. The molecule has 0 radical (unpaired) electrons. The molecule has 0 bridgehead atoms. The molecular weight excluding hydrogens is 404 g/mol. The maximum absolute atomic E-state index is 13.0. The molecular formula is C17H17Cl2F3N4O. The third-order valence-electron chi connectivity index (χ3n) is 4.12. The van der Waals surface area contributed by atoms with E-state index in [0.717, 1.165) is 24.5 Å². The molecule has 4 rings (SSSR count). The van der Waals surface area contributed by atoms with Gasteiger partial charge in [-0.05, 0) is 24.3 Å². The van der Waals surface area contributed by atoms with E-state index in [0.29, 0.717) is 30.2 Å². The lowest BCUT2D eigenvalue weighted by molar-refractivity contribution is -0.137. The van der Waals surface area contributed by atoms with Crippen LogP contribution in [0.1, 0.15) is 17.4 Å². The summed E-state index contributed by atoms with van der Waals surface area (Å²) in [4.78, 5) is 8.75. The fourth-order valence-electron chi connectivity index (χ4n) is 2.87. The minimum absolute atomic E-state index is 0. The monoisotopic (exact) mass is 420 g/mol. The second-order valence-corrected chi connectivity index (χ2v) is 5.80. The van der Waals surface area contributed by atoms with Gasteiger partial charge in [0.15, 0.2) is 0 Å². The summed E-state index contributed by atoms with van der Waals surface area (Å²) in [6, 6.07) is 7.81. The molecule has 1 unspecified atom stereocenters. The molecule has 1 aliphatic rings. The number of halogens is 5. The second-order valence-electron chi connectivity index (χ2n) is 5.80. The van der Waals surface area contributed by atoms with Crippen LogP contribution < -0.4 is 5.32 Å². The maximum Gasteiger partial charge on any atom is 0.417 e. The lowest BCUT2D eigenvalue weighted by Crippen LogP contribution is -2.33. The molecule has 5 nitrogen and oxygen atoms in total. The Bertz CT molecular complexity index is 911. The minimum atomic E-state index is -4.41. The van der Waals surface area contributed by atoms with Gasteiger partial charge in [0.05, 0.1) is 35.4 Å². The Morgan fingerprint density at radius 2 is 1.96 bits per heavy atom. The number of morpholine rings is 1. The first-order valence-electron chi connectivity index (χ1n) is 7.86. The van der Waals surface area contributed by atoms with Gasteiger partial charge in [-0.25, -0.2) is 9.97 Å². The van der Waals surface area contributed by atoms with Gasteiger partial charge in [0.25, 0.3) is 0 Å². The molecule has 146 valence electrons. The summed E-state index contributed by atoms with van der Waals surface area (Å²) in [6.45, 7) is 2.05. The van der Waals surface area contributed by atoms with E-state index in [1.54, 1.807) is 6.07 Å². The van der Waals surface area contributed by atoms with Crippen LogP contribution in [-0.4, -0.2) is 34.1 Å². The molecule has 3 aromatic rings. The smallest absolute Gasteiger partial charge is 0.369 e. The SMILES string of the molecule is Cl.Cl.FC(F)(F)c1ccc2ncc(-c3cccc(C4CNCCO4)n3)n2c1. The normalized spacial score (nSPS) is 17.2. The van der Waals surface area contributed by atoms with Crippen molar-refractivity contribution in [3.8, 4) is 11.4 Å². The van der Waals surface area contributed by atoms with E-state index < -0.39 is 11.7 Å². The Kier molecular flexibility index (Phi) is 6.69. The third kappa shape index (κ3) is 4.35. The molecule has 1 atom stereocenters. The molecule has 10 heteroatoms. The predicted molar refractivity (Wildman–Crippen MR) is 99.5 cm³/mol. The van der Waals surface area contributed by atoms with Crippen molar-refractivity contribution in [1.29, 1.82) is 0 Å². The number of alkyl halides is 3. The molecule has 0 spiro atoms. The molecule has 3 aromatic heterocycles. The van der Waals surface area contributed by atoms with Gasteiger partial charge in [-0.1, -0.05) is 6.07 Å². The van der Waals surface area contributed by atoms with Crippen molar-refractivity contribution in [2.45, 2.75) is 12.3 Å². The molecule has 1 fully saturated rings. The average Bonchev–Trinajstić information content (AvgIpc) is 3.05. The summed E-state index contributed by atoms with van der Waals surface area (Å²) in [5.74, 6) is 0. The van der Waals surface area contributed by atoms with E-state index in [9.17, 15) is 13.2 Å². The van der Waals surface area contributed by atoms with Crippen LogP contribution in [0.3, 0.4) is 0 Å². The number of hydrogen-bond donors (Lipinski definition) is 1. The summed E-state index contributed by atoms with van der Waals surface area (Å²) < 4.78 is 46.1. The molecule has 0 saturated carbocycles. The van der Waals surface area contributed by atoms with E-state index in [-0.39, 0.29) is 30.9 Å². The number of nitrogens with zero attached hydrogens (tertiary/aromatic N) is 3. The van der Waals surface area contributed by atoms with E-state index in [1.807, 2.05) is 12.1 Å². The first-order valence-corrected chi connectivity index (χ1v) is 7.86. The van der Waals surface area contributed by atoms with E-state index in [2.05, 4.69) is 15.3 Å². The lowest BCUT2D eigenvalue weighted by atomic mass is 10.1. The highest BCUT2D eigenvalue weighted by atomic mass is 35.5. The first-order chi connectivity index (χ1) is 12.0. The largest absolute Gasteiger partial charge is 0.417 e. The number of fused-ring (bicyclic) bond motifs is 1. The van der Waals surface area contributed by atoms with E-state index in [1.165, 1.54) is 16.7 Å². The van der Waals surface area contributed by atoms with Crippen molar-refractivity contribution >= 4 is 30.5 Å². The van der Waals surface area contributed by atoms with Gasteiger partial charge >= 0.3 is 6.18 Å². The summed E-state index contributed by atoms with van der Waals surface area (Å²) in [5.41, 5.74) is 1.51. The molecule has 4 heterocycles. The van der Waals surface area contributed by atoms with Gasteiger partial charge in [-0.15, -0.1) is 24.8 Å². The Morgan fingerprint density at radius 3 is 2.67 bits per heavy atom. The molecule has 0 aliphatic carbocycles. The van der Waals surface area contributed by atoms with Gasteiger partial charge in [0.1, 0.15) is 11.8 Å². The number of pyridine rings is 2. The fraction of sp³-hybridized carbons (Fsp3) is 0.294. The van der Waals surface area contributed by atoms with Crippen LogP contribution in [0.15, 0.2) is 42.7 Å². The zero-order chi connectivity index (χ0) is 17.4. The number of rotatable bonds is 2. The summed E-state index contributed by atoms with van der Waals surface area (Å²) in [6.07, 6.45) is -2.00. The van der Waals surface area contributed by atoms with Crippen molar-refractivity contribution in [2.75, 3.05) is 19.7 Å². The predicted octanol–water partition coefficient (Wildman–Crippen LogP) is 3.92. The zero-order valence-corrected chi connectivity index (χ0v) is 15.6. The van der Waals surface area contributed by atoms with Gasteiger partial charge < -0.3 is 10.1 Å². The van der Waals surface area contributed by atoms with Crippen molar-refractivity contribution < 1.29 is 17.9 Å². The van der Waals surface area contributed by atoms with Crippen LogP contribution in [0.25, 0.3) is 17.0 Å². The van der Waals surface area contributed by atoms with Gasteiger partial charge in [-0.2, -0.15) is 13.2 Å². The second kappa shape index (κ2) is 8.43. The number of nitrogens with one attached hydrogen (secondary N) is 1. The highest BCUT2D eigenvalue weighted by molar-refractivity contribution is 5.85. The Labute approximate surface area is 165 Å². The molecule has 1 N–H and O–H groups in total. The van der Waals surface area contributed by atoms with Gasteiger partial charge in [0.2, 0.25) is 0 Å². The Balaban J connectivity index is 0.00000131.